The highest BCUT2D eigenvalue weighted by atomic mass is 32.1. The maximum Gasteiger partial charge on any atom is 0.269 e. The summed E-state index contributed by atoms with van der Waals surface area (Å²) in [6, 6.07) is 17.9. The van der Waals surface area contributed by atoms with E-state index in [1.807, 2.05) is 77.9 Å². The van der Waals surface area contributed by atoms with Crippen LogP contribution < -0.4 is 0 Å². The van der Waals surface area contributed by atoms with E-state index in [1.165, 1.54) is 0 Å². The molecule has 3 rings (SSSR count). The van der Waals surface area contributed by atoms with Crippen LogP contribution in [0.25, 0.3) is 11.1 Å². The molecule has 0 spiro atoms. The molecule has 0 aliphatic heterocycles. The van der Waals surface area contributed by atoms with E-state index in [0.717, 1.165) is 16.7 Å². The Balaban J connectivity index is 1.73. The number of nitrogens with zero attached hydrogens (tertiary/aromatic N) is 2. The molecule has 2 aromatic carbocycles. The van der Waals surface area contributed by atoms with Gasteiger partial charge in [0.1, 0.15) is 0 Å². The number of amides is 1. The highest BCUT2D eigenvalue weighted by Crippen LogP contribution is 2.18. The van der Waals surface area contributed by atoms with Crippen LogP contribution in [0.4, 0.5) is 0 Å². The lowest BCUT2D eigenvalue weighted by atomic mass is 10.1. The fraction of sp³-hybridized carbons (Fsp3) is 0.300. The van der Waals surface area contributed by atoms with Crippen LogP contribution in [0.3, 0.4) is 0 Å². The molecule has 25 heavy (non-hydrogen) atoms. The first kappa shape index (κ1) is 17.4. The predicted octanol–water partition coefficient (Wildman–Crippen LogP) is 4.79. The molecule has 0 radical (unpaired) electrons. The number of aryl methyl sites for hydroxylation is 1. The summed E-state index contributed by atoms with van der Waals surface area (Å²) in [6.45, 7) is 5.22. The summed E-state index contributed by atoms with van der Waals surface area (Å²) in [6.07, 6.45) is 0.392. The highest BCUT2D eigenvalue weighted by Gasteiger charge is 2.18. The predicted molar refractivity (Wildman–Crippen MR) is 102 cm³/mol. The Bertz CT molecular complexity index is 912. The number of fused-ring (bicyclic) bond motifs is 1. The number of hydrogen-bond acceptors (Lipinski definition) is 3. The van der Waals surface area contributed by atoms with Crippen molar-refractivity contribution in [1.29, 1.82) is 0 Å². The maximum absolute atomic E-state index is 12.8. The van der Waals surface area contributed by atoms with Gasteiger partial charge in [0, 0.05) is 25.6 Å². The Morgan fingerprint density at radius 2 is 1.80 bits per heavy atom. The van der Waals surface area contributed by atoms with Crippen LogP contribution in [-0.4, -0.2) is 21.4 Å². The van der Waals surface area contributed by atoms with Gasteiger partial charge in [-0.05, 0) is 43.8 Å². The fourth-order valence-corrected chi connectivity index (χ4v) is 3.20. The van der Waals surface area contributed by atoms with E-state index in [1.54, 1.807) is 0 Å². The minimum absolute atomic E-state index is 0.117. The second-order valence-corrected chi connectivity index (χ2v) is 6.69. The van der Waals surface area contributed by atoms with Crippen LogP contribution in [0.2, 0.25) is 0 Å². The van der Waals surface area contributed by atoms with E-state index < -0.39 is 0 Å². The third kappa shape index (κ3) is 3.99. The number of aromatic nitrogens is 1. The largest absolute Gasteiger partial charge is 0.429 e. The number of oxazole rings is 1. The molecule has 5 heteroatoms. The quantitative estimate of drug-likeness (QED) is 0.597. The van der Waals surface area contributed by atoms with Gasteiger partial charge in [-0.2, -0.15) is 0 Å². The van der Waals surface area contributed by atoms with Gasteiger partial charge in [-0.3, -0.25) is 9.36 Å². The van der Waals surface area contributed by atoms with Gasteiger partial charge in [-0.1, -0.05) is 42.5 Å². The molecule has 0 saturated heterocycles. The van der Waals surface area contributed by atoms with Crippen molar-refractivity contribution in [3.63, 3.8) is 0 Å². The number of hydrogen-bond donors (Lipinski definition) is 0. The van der Waals surface area contributed by atoms with Crippen LogP contribution in [0.15, 0.2) is 59.0 Å². The van der Waals surface area contributed by atoms with E-state index >= 15 is 0 Å². The van der Waals surface area contributed by atoms with Crippen LogP contribution in [0.1, 0.15) is 25.8 Å². The molecular weight excluding hydrogens is 332 g/mol. The topological polar surface area (TPSA) is 38.4 Å². The summed E-state index contributed by atoms with van der Waals surface area (Å²) in [5.74, 6) is 0.117. The second-order valence-electron chi connectivity index (χ2n) is 6.34. The summed E-state index contributed by atoms with van der Waals surface area (Å²) in [7, 11) is 0. The lowest BCUT2D eigenvalue weighted by molar-refractivity contribution is -0.133. The van der Waals surface area contributed by atoms with E-state index in [4.69, 9.17) is 16.6 Å². The van der Waals surface area contributed by atoms with E-state index in [0.29, 0.717) is 24.3 Å². The van der Waals surface area contributed by atoms with Crippen molar-refractivity contribution >= 4 is 29.2 Å². The molecule has 0 aliphatic carbocycles. The molecule has 0 saturated carbocycles. The monoisotopic (exact) mass is 354 g/mol. The highest BCUT2D eigenvalue weighted by molar-refractivity contribution is 7.71. The summed E-state index contributed by atoms with van der Waals surface area (Å²) < 4.78 is 7.48. The van der Waals surface area contributed by atoms with Crippen LogP contribution in [0, 0.1) is 4.84 Å². The molecule has 1 aromatic heterocycles. The van der Waals surface area contributed by atoms with Gasteiger partial charge in [0.05, 0.1) is 5.52 Å². The first-order chi connectivity index (χ1) is 12.1. The third-order valence-electron chi connectivity index (χ3n) is 4.26. The first-order valence-electron chi connectivity index (χ1n) is 8.48. The Morgan fingerprint density at radius 3 is 2.52 bits per heavy atom. The van der Waals surface area contributed by atoms with E-state index in [9.17, 15) is 4.79 Å². The van der Waals surface area contributed by atoms with Crippen molar-refractivity contribution in [3.8, 4) is 0 Å². The fourth-order valence-electron chi connectivity index (χ4n) is 2.92. The number of para-hydroxylation sites is 2. The van der Waals surface area contributed by atoms with Gasteiger partial charge in [0.25, 0.3) is 4.84 Å². The molecule has 4 nitrogen and oxygen atoms in total. The summed E-state index contributed by atoms with van der Waals surface area (Å²) in [4.78, 5) is 15.1. The average molecular weight is 354 g/mol. The zero-order valence-corrected chi connectivity index (χ0v) is 15.3. The minimum atomic E-state index is 0.117. The molecule has 0 bridgehead atoms. The molecule has 0 aliphatic rings. The molecular formula is C20H22N2O2S. The number of carbonyl (C=O) groups is 1. The van der Waals surface area contributed by atoms with Crippen molar-refractivity contribution in [2.75, 3.05) is 0 Å². The zero-order chi connectivity index (χ0) is 17.8. The second kappa shape index (κ2) is 7.66. The van der Waals surface area contributed by atoms with Crippen molar-refractivity contribution in [2.24, 2.45) is 0 Å². The normalized spacial score (nSPS) is 11.2. The Kier molecular flexibility index (Phi) is 5.34. The molecule has 0 atom stereocenters. The Morgan fingerprint density at radius 1 is 1.12 bits per heavy atom. The summed E-state index contributed by atoms with van der Waals surface area (Å²) >= 11 is 5.30. The van der Waals surface area contributed by atoms with Gasteiger partial charge in [0.2, 0.25) is 5.91 Å². The number of carbonyl (C=O) groups excluding carboxylic acids is 1. The molecule has 0 unspecified atom stereocenters. The van der Waals surface area contributed by atoms with Crippen LogP contribution in [-0.2, 0) is 17.9 Å². The molecule has 0 fully saturated rings. The van der Waals surface area contributed by atoms with Gasteiger partial charge < -0.3 is 9.32 Å². The van der Waals surface area contributed by atoms with Crippen molar-refractivity contribution in [3.05, 3.63) is 65.0 Å². The van der Waals surface area contributed by atoms with E-state index in [2.05, 4.69) is 0 Å². The summed E-state index contributed by atoms with van der Waals surface area (Å²) in [5.41, 5.74) is 2.82. The van der Waals surface area contributed by atoms with Gasteiger partial charge in [-0.25, -0.2) is 0 Å². The first-order valence-corrected chi connectivity index (χ1v) is 8.89. The molecule has 0 N–H and O–H groups in total. The number of rotatable bonds is 6. The van der Waals surface area contributed by atoms with Gasteiger partial charge >= 0.3 is 0 Å². The molecule has 130 valence electrons. The van der Waals surface area contributed by atoms with Crippen molar-refractivity contribution in [1.82, 2.24) is 9.47 Å². The SMILES string of the molecule is CC(C)N(Cc1ccccc1)C(=O)CCn1c(=S)oc2ccccc21. The van der Waals surface area contributed by atoms with Crippen molar-refractivity contribution < 1.29 is 9.21 Å². The lowest BCUT2D eigenvalue weighted by Crippen LogP contribution is -2.36. The van der Waals surface area contributed by atoms with Crippen molar-refractivity contribution in [2.45, 2.75) is 39.4 Å². The van der Waals surface area contributed by atoms with Gasteiger partial charge in [-0.15, -0.1) is 0 Å². The molecule has 1 amide bonds. The van der Waals surface area contributed by atoms with Crippen LogP contribution >= 0.6 is 12.2 Å². The Labute approximate surface area is 152 Å². The maximum atomic E-state index is 12.8. The average Bonchev–Trinajstić information content (AvgIpc) is 2.93. The smallest absolute Gasteiger partial charge is 0.269 e. The lowest BCUT2D eigenvalue weighted by Gasteiger charge is -2.27. The zero-order valence-electron chi connectivity index (χ0n) is 14.5. The molecule has 1 heterocycles. The third-order valence-corrected chi connectivity index (χ3v) is 4.57. The molecule has 3 aromatic rings. The summed E-state index contributed by atoms with van der Waals surface area (Å²) in [5, 5.41) is 0. The van der Waals surface area contributed by atoms with E-state index in [-0.39, 0.29) is 11.9 Å². The van der Waals surface area contributed by atoms with Crippen LogP contribution in [0.5, 0.6) is 0 Å². The van der Waals surface area contributed by atoms with Gasteiger partial charge in [0.15, 0.2) is 5.58 Å². The minimum Gasteiger partial charge on any atom is -0.429 e. The Hall–Kier alpha value is -2.40. The standard InChI is InChI=1S/C20H22N2O2S/c1-15(2)22(14-16-8-4-3-5-9-16)19(23)12-13-21-17-10-6-7-11-18(17)24-20(21)25/h3-11,15H,12-14H2,1-2H3. The number of benzene rings is 2.